The SMILES string of the molecule is CCOc1cnc(N(c2ccc(-n3ncc(NCC4(F)CCCOC4)c(Cl)c3=O)cc2)C2CC2)cn1. The fraction of sp³-hybridized carbons (Fsp3) is 0.440. The molecule has 36 heavy (non-hydrogen) atoms. The van der Waals surface area contributed by atoms with Gasteiger partial charge in [-0.05, 0) is 56.9 Å². The second kappa shape index (κ2) is 10.4. The molecule has 11 heteroatoms. The Kier molecular flexibility index (Phi) is 7.06. The highest BCUT2D eigenvalue weighted by atomic mass is 35.5. The van der Waals surface area contributed by atoms with Gasteiger partial charge in [-0.2, -0.15) is 9.78 Å². The van der Waals surface area contributed by atoms with Crippen molar-refractivity contribution in [2.45, 2.75) is 44.3 Å². The van der Waals surface area contributed by atoms with E-state index in [0.29, 0.717) is 49.4 Å². The molecule has 1 saturated heterocycles. The molecule has 2 aromatic heterocycles. The summed E-state index contributed by atoms with van der Waals surface area (Å²) in [5.74, 6) is 1.22. The fourth-order valence-corrected chi connectivity index (χ4v) is 4.42. The lowest BCUT2D eigenvalue weighted by molar-refractivity contribution is -0.0234. The zero-order valence-corrected chi connectivity index (χ0v) is 20.7. The fourth-order valence-electron chi connectivity index (χ4n) is 4.22. The van der Waals surface area contributed by atoms with Crippen molar-refractivity contribution in [2.75, 3.05) is 36.6 Å². The van der Waals surface area contributed by atoms with Crippen molar-refractivity contribution in [2.24, 2.45) is 0 Å². The highest BCUT2D eigenvalue weighted by molar-refractivity contribution is 6.32. The molecule has 0 radical (unpaired) electrons. The summed E-state index contributed by atoms with van der Waals surface area (Å²) in [6.07, 6.45) is 7.95. The molecule has 1 N–H and O–H groups in total. The van der Waals surface area contributed by atoms with Crippen molar-refractivity contribution in [3.63, 3.8) is 0 Å². The van der Waals surface area contributed by atoms with Crippen LogP contribution in [0.25, 0.3) is 5.69 Å². The summed E-state index contributed by atoms with van der Waals surface area (Å²) >= 11 is 6.33. The molecule has 3 aromatic rings. The van der Waals surface area contributed by atoms with Crippen LogP contribution >= 0.6 is 11.6 Å². The third kappa shape index (κ3) is 5.29. The topological polar surface area (TPSA) is 94.4 Å². The molecule has 190 valence electrons. The molecule has 9 nitrogen and oxygen atoms in total. The zero-order valence-electron chi connectivity index (χ0n) is 20.0. The van der Waals surface area contributed by atoms with Gasteiger partial charge >= 0.3 is 0 Å². The van der Waals surface area contributed by atoms with Crippen LogP contribution < -0.4 is 20.5 Å². The first-order valence-corrected chi connectivity index (χ1v) is 12.5. The number of rotatable bonds is 9. The average Bonchev–Trinajstić information content (AvgIpc) is 3.73. The summed E-state index contributed by atoms with van der Waals surface area (Å²) < 4.78 is 26.7. The van der Waals surface area contributed by atoms with Crippen LogP contribution in [0.5, 0.6) is 5.88 Å². The molecule has 1 saturated carbocycles. The molecule has 1 aromatic carbocycles. The van der Waals surface area contributed by atoms with Crippen molar-refractivity contribution in [3.8, 4) is 11.6 Å². The molecular formula is C25H28ClFN6O3. The van der Waals surface area contributed by atoms with Crippen LogP contribution in [0.3, 0.4) is 0 Å². The Balaban J connectivity index is 1.33. The van der Waals surface area contributed by atoms with Crippen molar-refractivity contribution in [3.05, 3.63) is 58.2 Å². The molecule has 0 amide bonds. The minimum absolute atomic E-state index is 0.00199. The molecular weight excluding hydrogens is 487 g/mol. The van der Waals surface area contributed by atoms with Crippen LogP contribution in [0, 0.1) is 0 Å². The van der Waals surface area contributed by atoms with Gasteiger partial charge in [0.15, 0.2) is 11.5 Å². The number of nitrogens with one attached hydrogen (secondary N) is 1. The van der Waals surface area contributed by atoms with Gasteiger partial charge in [-0.25, -0.2) is 14.4 Å². The predicted molar refractivity (Wildman–Crippen MR) is 136 cm³/mol. The van der Waals surface area contributed by atoms with Crippen LogP contribution in [-0.2, 0) is 4.74 Å². The summed E-state index contributed by atoms with van der Waals surface area (Å²) in [5, 5.41) is 7.14. The monoisotopic (exact) mass is 514 g/mol. The number of ether oxygens (including phenoxy) is 2. The van der Waals surface area contributed by atoms with Gasteiger partial charge < -0.3 is 19.7 Å². The smallest absolute Gasteiger partial charge is 0.292 e. The lowest BCUT2D eigenvalue weighted by Gasteiger charge is -2.29. The first-order valence-electron chi connectivity index (χ1n) is 12.1. The Bertz CT molecular complexity index is 1240. The van der Waals surface area contributed by atoms with Gasteiger partial charge in [-0.15, -0.1) is 0 Å². The van der Waals surface area contributed by atoms with E-state index in [1.807, 2.05) is 19.1 Å². The largest absolute Gasteiger partial charge is 0.477 e. The molecule has 0 bridgehead atoms. The standard InChI is InChI=1S/C25H28ClFN6O3/c1-2-36-22-14-28-21(13-29-22)32(17-4-5-17)18-6-8-19(9-7-18)33-24(34)23(26)20(12-31-33)30-15-25(27)10-3-11-35-16-25/h6-9,12-14,17,30H,2-5,10-11,15-16H2,1H3. The molecule has 0 spiro atoms. The van der Waals surface area contributed by atoms with Gasteiger partial charge in [0.05, 0.1) is 49.7 Å². The third-order valence-corrected chi connectivity index (χ3v) is 6.59. The molecule has 1 aliphatic carbocycles. The zero-order chi connectivity index (χ0) is 25.1. The van der Waals surface area contributed by atoms with E-state index in [2.05, 4.69) is 25.3 Å². The van der Waals surface area contributed by atoms with E-state index >= 15 is 0 Å². The number of aromatic nitrogens is 4. The summed E-state index contributed by atoms with van der Waals surface area (Å²) in [6.45, 7) is 3.01. The maximum Gasteiger partial charge on any atom is 0.292 e. The molecule has 2 fully saturated rings. The predicted octanol–water partition coefficient (Wildman–Crippen LogP) is 4.31. The van der Waals surface area contributed by atoms with Crippen molar-refractivity contribution >= 4 is 28.8 Å². The Morgan fingerprint density at radius 2 is 2.06 bits per heavy atom. The van der Waals surface area contributed by atoms with Crippen molar-refractivity contribution < 1.29 is 13.9 Å². The van der Waals surface area contributed by atoms with Gasteiger partial charge in [0, 0.05) is 18.3 Å². The Labute approximate surface area is 213 Å². The van der Waals surface area contributed by atoms with Gasteiger partial charge in [-0.1, -0.05) is 11.6 Å². The van der Waals surface area contributed by atoms with Gasteiger partial charge in [0.25, 0.3) is 5.56 Å². The molecule has 5 rings (SSSR count). The van der Waals surface area contributed by atoms with Crippen LogP contribution in [0.2, 0.25) is 5.02 Å². The Hall–Kier alpha value is -3.24. The Morgan fingerprint density at radius 3 is 2.69 bits per heavy atom. The molecule has 1 aliphatic heterocycles. The van der Waals surface area contributed by atoms with E-state index in [-0.39, 0.29) is 18.2 Å². The first-order chi connectivity index (χ1) is 17.5. The number of halogens is 2. The van der Waals surface area contributed by atoms with E-state index in [1.54, 1.807) is 24.5 Å². The van der Waals surface area contributed by atoms with Crippen molar-refractivity contribution in [1.82, 2.24) is 19.7 Å². The van der Waals surface area contributed by atoms with Crippen LogP contribution in [0.4, 0.5) is 21.6 Å². The number of anilines is 3. The number of hydrogen-bond donors (Lipinski definition) is 1. The summed E-state index contributed by atoms with van der Waals surface area (Å²) in [6, 6.07) is 7.78. The van der Waals surface area contributed by atoms with E-state index in [1.165, 1.54) is 10.9 Å². The molecule has 1 unspecified atom stereocenters. The maximum atomic E-state index is 14.8. The summed E-state index contributed by atoms with van der Waals surface area (Å²) in [5.41, 5.74) is -0.189. The number of alkyl halides is 1. The van der Waals surface area contributed by atoms with Crippen LogP contribution in [-0.4, -0.2) is 57.8 Å². The molecule has 2 aliphatic rings. The highest BCUT2D eigenvalue weighted by Crippen LogP contribution is 2.37. The third-order valence-electron chi connectivity index (χ3n) is 6.23. The van der Waals surface area contributed by atoms with Crippen LogP contribution in [0.1, 0.15) is 32.6 Å². The molecule has 1 atom stereocenters. The summed E-state index contributed by atoms with van der Waals surface area (Å²) in [7, 11) is 0. The maximum absolute atomic E-state index is 14.8. The van der Waals surface area contributed by atoms with Crippen LogP contribution in [0.15, 0.2) is 47.7 Å². The minimum atomic E-state index is -1.49. The Morgan fingerprint density at radius 1 is 1.25 bits per heavy atom. The van der Waals surface area contributed by atoms with E-state index < -0.39 is 11.2 Å². The van der Waals surface area contributed by atoms with E-state index in [4.69, 9.17) is 21.1 Å². The highest BCUT2D eigenvalue weighted by Gasteiger charge is 2.33. The number of benzene rings is 1. The van der Waals surface area contributed by atoms with Gasteiger partial charge in [-0.3, -0.25) is 4.79 Å². The van der Waals surface area contributed by atoms with Crippen molar-refractivity contribution in [1.29, 1.82) is 0 Å². The lowest BCUT2D eigenvalue weighted by atomic mass is 9.99. The minimum Gasteiger partial charge on any atom is -0.477 e. The first kappa shape index (κ1) is 24.5. The average molecular weight is 515 g/mol. The number of hydrogen-bond acceptors (Lipinski definition) is 8. The van der Waals surface area contributed by atoms with E-state index in [0.717, 1.165) is 24.3 Å². The van der Waals surface area contributed by atoms with Gasteiger partial charge in [0.2, 0.25) is 5.88 Å². The molecule has 3 heterocycles. The van der Waals surface area contributed by atoms with Gasteiger partial charge in [0.1, 0.15) is 5.02 Å². The van der Waals surface area contributed by atoms with E-state index in [9.17, 15) is 9.18 Å². The normalized spacial score (nSPS) is 19.6. The second-order valence-electron chi connectivity index (χ2n) is 9.01. The second-order valence-corrected chi connectivity index (χ2v) is 9.39. The number of nitrogens with zero attached hydrogens (tertiary/aromatic N) is 5. The quantitative estimate of drug-likeness (QED) is 0.451. The lowest BCUT2D eigenvalue weighted by Crippen LogP contribution is -2.40. The summed E-state index contributed by atoms with van der Waals surface area (Å²) in [4.78, 5) is 23.9.